The summed E-state index contributed by atoms with van der Waals surface area (Å²) in [6.45, 7) is 3.81. The number of nitrogens with zero attached hydrogens (tertiary/aromatic N) is 2. The van der Waals surface area contributed by atoms with Gasteiger partial charge in [-0.2, -0.15) is 0 Å². The number of rotatable bonds is 8. The number of esters is 1. The van der Waals surface area contributed by atoms with Gasteiger partial charge < -0.3 is 10.1 Å². The van der Waals surface area contributed by atoms with Crippen molar-refractivity contribution in [2.45, 2.75) is 43.3 Å². The summed E-state index contributed by atoms with van der Waals surface area (Å²) < 4.78 is 6.14. The Balaban J connectivity index is 1.83. The fourth-order valence-corrected chi connectivity index (χ4v) is 4.05. The highest BCUT2D eigenvalue weighted by Crippen LogP contribution is 2.24. The summed E-state index contributed by atoms with van der Waals surface area (Å²) in [5.41, 5.74) is 1.31. The van der Waals surface area contributed by atoms with E-state index in [9.17, 15) is 14.4 Å². The average Bonchev–Trinajstić information content (AvgIpc) is 2.79. The lowest BCUT2D eigenvalue weighted by Gasteiger charge is -2.19. The Morgan fingerprint density at radius 2 is 1.77 bits per heavy atom. The molecule has 7 nitrogen and oxygen atoms in total. The maximum absolute atomic E-state index is 13.0. The maximum Gasteiger partial charge on any atom is 0.307 e. The first-order valence-corrected chi connectivity index (χ1v) is 10.9. The van der Waals surface area contributed by atoms with Gasteiger partial charge in [-0.15, -0.1) is 0 Å². The smallest absolute Gasteiger partial charge is 0.307 e. The quantitative estimate of drug-likeness (QED) is 0.329. The minimum absolute atomic E-state index is 0.0373. The molecule has 1 N–H and O–H groups in total. The second kappa shape index (κ2) is 10.3. The lowest BCUT2D eigenvalue weighted by molar-refractivity contribution is -0.140. The summed E-state index contributed by atoms with van der Waals surface area (Å²) in [7, 11) is 1.31. The van der Waals surface area contributed by atoms with E-state index < -0.39 is 11.2 Å². The Morgan fingerprint density at radius 1 is 1.10 bits per heavy atom. The Morgan fingerprint density at radius 3 is 2.48 bits per heavy atom. The van der Waals surface area contributed by atoms with E-state index >= 15 is 0 Å². The van der Waals surface area contributed by atoms with Crippen molar-refractivity contribution in [2.24, 2.45) is 0 Å². The van der Waals surface area contributed by atoms with E-state index in [0.29, 0.717) is 16.1 Å². The summed E-state index contributed by atoms with van der Waals surface area (Å²) >= 11 is 1.19. The fourth-order valence-electron chi connectivity index (χ4n) is 3.11. The van der Waals surface area contributed by atoms with Crippen LogP contribution in [0.4, 0.5) is 0 Å². The second-order valence-electron chi connectivity index (χ2n) is 7.10. The van der Waals surface area contributed by atoms with E-state index in [0.717, 1.165) is 5.56 Å². The van der Waals surface area contributed by atoms with Crippen LogP contribution in [0.1, 0.15) is 31.9 Å². The number of aromatic nitrogens is 2. The number of para-hydroxylation sites is 1. The van der Waals surface area contributed by atoms with Gasteiger partial charge in [-0.05, 0) is 31.5 Å². The molecule has 2 atom stereocenters. The molecule has 3 rings (SSSR count). The number of thioether (sulfide) groups is 1. The molecule has 0 saturated heterocycles. The zero-order valence-electron chi connectivity index (χ0n) is 17.7. The third-order valence-corrected chi connectivity index (χ3v) is 5.99. The Bertz CT molecular complexity index is 1130. The molecule has 162 valence electrons. The van der Waals surface area contributed by atoms with E-state index in [2.05, 4.69) is 10.3 Å². The second-order valence-corrected chi connectivity index (χ2v) is 8.40. The third-order valence-electron chi connectivity index (χ3n) is 4.90. The standard InChI is InChI=1S/C23H25N3O4S/c1-15(17-9-5-4-6-10-17)24-21(28)16(2)31-23-25-19-12-8-7-11-18(19)22(29)26(23)14-13-20(27)30-3/h4-12,15-16H,13-14H2,1-3H3,(H,24,28)/t15-,16+/m0/s1. The number of carbonyl (C=O) groups excluding carboxylic acids is 2. The van der Waals surface area contributed by atoms with Gasteiger partial charge in [0.25, 0.3) is 5.56 Å². The number of ether oxygens (including phenoxy) is 1. The number of methoxy groups -OCH3 is 1. The molecule has 1 amide bonds. The molecular formula is C23H25N3O4S. The summed E-state index contributed by atoms with van der Waals surface area (Å²) in [6, 6.07) is 16.6. The minimum atomic E-state index is -0.497. The zero-order chi connectivity index (χ0) is 22.4. The van der Waals surface area contributed by atoms with Gasteiger partial charge >= 0.3 is 5.97 Å². The largest absolute Gasteiger partial charge is 0.469 e. The lowest BCUT2D eigenvalue weighted by atomic mass is 10.1. The van der Waals surface area contributed by atoms with Crippen molar-refractivity contribution >= 4 is 34.5 Å². The van der Waals surface area contributed by atoms with Crippen LogP contribution in [0.2, 0.25) is 0 Å². The van der Waals surface area contributed by atoms with Crippen molar-refractivity contribution in [3.05, 3.63) is 70.5 Å². The first-order valence-electron chi connectivity index (χ1n) is 9.99. The number of fused-ring (bicyclic) bond motifs is 1. The molecule has 1 aromatic heterocycles. The van der Waals surface area contributed by atoms with Gasteiger partial charge in [0.15, 0.2) is 5.16 Å². The topological polar surface area (TPSA) is 90.3 Å². The predicted molar refractivity (Wildman–Crippen MR) is 121 cm³/mol. The lowest BCUT2D eigenvalue weighted by Crippen LogP contribution is -2.34. The van der Waals surface area contributed by atoms with Gasteiger partial charge in [0, 0.05) is 6.54 Å². The number of amides is 1. The molecule has 0 fully saturated rings. The van der Waals surface area contributed by atoms with Gasteiger partial charge in [0.1, 0.15) is 0 Å². The highest BCUT2D eigenvalue weighted by Gasteiger charge is 2.21. The first-order chi connectivity index (χ1) is 14.9. The molecular weight excluding hydrogens is 414 g/mol. The summed E-state index contributed by atoms with van der Waals surface area (Å²) in [6.07, 6.45) is 0.0373. The minimum Gasteiger partial charge on any atom is -0.469 e. The Hall–Kier alpha value is -3.13. The molecule has 0 bridgehead atoms. The highest BCUT2D eigenvalue weighted by molar-refractivity contribution is 8.00. The van der Waals surface area contributed by atoms with Crippen molar-refractivity contribution in [3.8, 4) is 0 Å². The van der Waals surface area contributed by atoms with Gasteiger partial charge in [-0.25, -0.2) is 4.98 Å². The van der Waals surface area contributed by atoms with Gasteiger partial charge in [-0.1, -0.05) is 54.2 Å². The molecule has 0 aliphatic heterocycles. The number of hydrogen-bond donors (Lipinski definition) is 1. The fraction of sp³-hybridized carbons (Fsp3) is 0.304. The van der Waals surface area contributed by atoms with Crippen LogP contribution in [-0.4, -0.2) is 33.8 Å². The number of hydrogen-bond acceptors (Lipinski definition) is 6. The molecule has 0 spiro atoms. The van der Waals surface area contributed by atoms with Crippen molar-refractivity contribution in [1.82, 2.24) is 14.9 Å². The van der Waals surface area contributed by atoms with Crippen LogP contribution in [0.25, 0.3) is 10.9 Å². The van der Waals surface area contributed by atoms with Crippen molar-refractivity contribution in [2.75, 3.05) is 7.11 Å². The highest BCUT2D eigenvalue weighted by atomic mass is 32.2. The number of carbonyl (C=O) groups is 2. The molecule has 0 unspecified atom stereocenters. The molecule has 2 aromatic carbocycles. The molecule has 0 aliphatic carbocycles. The van der Waals surface area contributed by atoms with E-state index in [1.165, 1.54) is 23.4 Å². The predicted octanol–water partition coefficient (Wildman–Crippen LogP) is 3.32. The van der Waals surface area contributed by atoms with Crippen LogP contribution >= 0.6 is 11.8 Å². The Labute approximate surface area is 184 Å². The van der Waals surface area contributed by atoms with Gasteiger partial charge in [0.2, 0.25) is 5.91 Å². The maximum atomic E-state index is 13.0. The van der Waals surface area contributed by atoms with Crippen molar-refractivity contribution < 1.29 is 14.3 Å². The Kier molecular flexibility index (Phi) is 7.46. The normalized spacial score (nSPS) is 12.9. The van der Waals surface area contributed by atoms with E-state index in [1.54, 1.807) is 31.2 Å². The van der Waals surface area contributed by atoms with Gasteiger partial charge in [-0.3, -0.25) is 19.0 Å². The SMILES string of the molecule is COC(=O)CCn1c(S[C@H](C)C(=O)N[C@@H](C)c2ccccc2)nc2ccccc2c1=O. The zero-order valence-corrected chi connectivity index (χ0v) is 18.5. The summed E-state index contributed by atoms with van der Waals surface area (Å²) in [5, 5.41) is 3.36. The molecule has 0 radical (unpaired) electrons. The van der Waals surface area contributed by atoms with E-state index in [1.807, 2.05) is 37.3 Å². The van der Waals surface area contributed by atoms with Crippen molar-refractivity contribution in [3.63, 3.8) is 0 Å². The van der Waals surface area contributed by atoms with Crippen LogP contribution in [0.3, 0.4) is 0 Å². The van der Waals surface area contributed by atoms with Crippen LogP contribution in [0.15, 0.2) is 64.5 Å². The molecule has 0 saturated carbocycles. The van der Waals surface area contributed by atoms with E-state index in [-0.39, 0.29) is 30.5 Å². The number of benzene rings is 2. The van der Waals surface area contributed by atoms with Crippen LogP contribution < -0.4 is 10.9 Å². The van der Waals surface area contributed by atoms with Gasteiger partial charge in [0.05, 0.1) is 35.7 Å². The first kappa shape index (κ1) is 22.6. The molecule has 3 aromatic rings. The molecule has 31 heavy (non-hydrogen) atoms. The van der Waals surface area contributed by atoms with Crippen LogP contribution in [0.5, 0.6) is 0 Å². The van der Waals surface area contributed by atoms with Crippen LogP contribution in [0, 0.1) is 0 Å². The molecule has 1 heterocycles. The van der Waals surface area contributed by atoms with Crippen LogP contribution in [-0.2, 0) is 20.9 Å². The molecule has 8 heteroatoms. The number of nitrogens with one attached hydrogen (secondary N) is 1. The summed E-state index contributed by atoms with van der Waals surface area (Å²) in [4.78, 5) is 42.0. The third kappa shape index (κ3) is 5.52. The van der Waals surface area contributed by atoms with Crippen molar-refractivity contribution in [1.29, 1.82) is 0 Å². The monoisotopic (exact) mass is 439 g/mol. The van der Waals surface area contributed by atoms with E-state index in [4.69, 9.17) is 4.74 Å². The average molecular weight is 440 g/mol. The summed E-state index contributed by atoms with van der Waals surface area (Å²) in [5.74, 6) is -0.582. The molecule has 0 aliphatic rings.